The van der Waals surface area contributed by atoms with Crippen molar-refractivity contribution in [2.75, 3.05) is 24.5 Å². The van der Waals surface area contributed by atoms with Gasteiger partial charge in [-0.05, 0) is 19.1 Å². The number of nitrogens with one attached hydrogen (secondary N) is 1. The number of hydrogen-bond donors (Lipinski definition) is 1. The number of hydrogen-bond acceptors (Lipinski definition) is 4. The molecule has 1 N–H and O–H groups in total. The molecule has 0 radical (unpaired) electrons. The summed E-state index contributed by atoms with van der Waals surface area (Å²) in [5, 5.41) is 12.1. The van der Waals surface area contributed by atoms with Crippen molar-refractivity contribution in [2.24, 2.45) is 0 Å². The molecule has 0 aliphatic carbocycles. The number of likely N-dealkylation sites (N-methyl/N-ethyl adjacent to an activating group) is 1. The van der Waals surface area contributed by atoms with Crippen LogP contribution in [-0.2, 0) is 6.18 Å². The molecule has 102 valence electrons. The lowest BCUT2D eigenvalue weighted by atomic mass is 10.1. The van der Waals surface area contributed by atoms with Crippen molar-refractivity contribution < 1.29 is 13.2 Å². The van der Waals surface area contributed by atoms with Crippen LogP contribution in [0.5, 0.6) is 0 Å². The fourth-order valence-corrected chi connectivity index (χ4v) is 1.99. The first kappa shape index (κ1) is 13.6. The van der Waals surface area contributed by atoms with Crippen LogP contribution in [0.25, 0.3) is 0 Å². The van der Waals surface area contributed by atoms with E-state index in [4.69, 9.17) is 5.26 Å². The molecule has 1 aliphatic rings. The van der Waals surface area contributed by atoms with Crippen molar-refractivity contribution >= 4 is 5.82 Å². The predicted molar refractivity (Wildman–Crippen MR) is 63.6 cm³/mol. The molecule has 0 saturated carbocycles. The fraction of sp³-hybridized carbons (Fsp3) is 0.500. The third-order valence-corrected chi connectivity index (χ3v) is 3.10. The number of aromatic nitrogens is 1. The van der Waals surface area contributed by atoms with Gasteiger partial charge < -0.3 is 10.2 Å². The van der Waals surface area contributed by atoms with Crippen LogP contribution in [0.3, 0.4) is 0 Å². The largest absolute Gasteiger partial charge is 0.433 e. The Kier molecular flexibility index (Phi) is 3.62. The zero-order chi connectivity index (χ0) is 14.0. The van der Waals surface area contributed by atoms with Crippen LogP contribution >= 0.6 is 0 Å². The van der Waals surface area contributed by atoms with Gasteiger partial charge in [-0.1, -0.05) is 0 Å². The fourth-order valence-electron chi connectivity index (χ4n) is 1.99. The number of halogens is 3. The normalized spacial score (nSPS) is 15.7. The Balaban J connectivity index is 2.43. The van der Waals surface area contributed by atoms with Gasteiger partial charge in [-0.25, -0.2) is 4.98 Å². The summed E-state index contributed by atoms with van der Waals surface area (Å²) in [6, 6.07) is 4.01. The SMILES string of the molecule is CCN(c1nc(C(F)(F)F)ccc1C#N)C1CNC1. The molecule has 0 bridgehead atoms. The second-order valence-electron chi connectivity index (χ2n) is 4.28. The summed E-state index contributed by atoms with van der Waals surface area (Å²) in [5.74, 6) is 0.117. The summed E-state index contributed by atoms with van der Waals surface area (Å²) >= 11 is 0. The predicted octanol–water partition coefficient (Wildman–Crippen LogP) is 1.77. The Morgan fingerprint density at radius 3 is 2.58 bits per heavy atom. The van der Waals surface area contributed by atoms with Crippen LogP contribution in [0, 0.1) is 11.3 Å². The second-order valence-corrected chi connectivity index (χ2v) is 4.28. The monoisotopic (exact) mass is 270 g/mol. The molecule has 1 aromatic heterocycles. The van der Waals surface area contributed by atoms with Gasteiger partial charge in [0, 0.05) is 19.6 Å². The van der Waals surface area contributed by atoms with Gasteiger partial charge in [0.2, 0.25) is 0 Å². The molecular weight excluding hydrogens is 257 g/mol. The molecule has 0 atom stereocenters. The van der Waals surface area contributed by atoms with E-state index >= 15 is 0 Å². The topological polar surface area (TPSA) is 52.0 Å². The molecule has 1 fully saturated rings. The van der Waals surface area contributed by atoms with Gasteiger partial charge in [-0.2, -0.15) is 18.4 Å². The highest BCUT2D eigenvalue weighted by Gasteiger charge is 2.34. The van der Waals surface area contributed by atoms with Crippen LogP contribution < -0.4 is 10.2 Å². The molecule has 0 aromatic carbocycles. The third-order valence-electron chi connectivity index (χ3n) is 3.10. The summed E-state index contributed by atoms with van der Waals surface area (Å²) in [7, 11) is 0. The number of nitrogens with zero attached hydrogens (tertiary/aromatic N) is 3. The van der Waals surface area contributed by atoms with E-state index in [1.165, 1.54) is 6.07 Å². The van der Waals surface area contributed by atoms with E-state index in [1.54, 1.807) is 4.90 Å². The number of nitriles is 1. The van der Waals surface area contributed by atoms with Crippen LogP contribution in [0.1, 0.15) is 18.2 Å². The molecule has 7 heteroatoms. The lowest BCUT2D eigenvalue weighted by molar-refractivity contribution is -0.141. The van der Waals surface area contributed by atoms with E-state index in [2.05, 4.69) is 10.3 Å². The average molecular weight is 270 g/mol. The Morgan fingerprint density at radius 1 is 1.47 bits per heavy atom. The van der Waals surface area contributed by atoms with Crippen molar-refractivity contribution in [2.45, 2.75) is 19.1 Å². The van der Waals surface area contributed by atoms with Crippen molar-refractivity contribution in [1.82, 2.24) is 10.3 Å². The Morgan fingerprint density at radius 2 is 2.16 bits per heavy atom. The summed E-state index contributed by atoms with van der Waals surface area (Å²) < 4.78 is 38.1. The number of anilines is 1. The first-order chi connectivity index (χ1) is 8.97. The van der Waals surface area contributed by atoms with Crippen molar-refractivity contribution in [1.29, 1.82) is 5.26 Å². The molecule has 0 unspecified atom stereocenters. The summed E-state index contributed by atoms with van der Waals surface area (Å²) in [4.78, 5) is 5.38. The molecule has 19 heavy (non-hydrogen) atoms. The van der Waals surface area contributed by atoms with Crippen LogP contribution in [-0.4, -0.2) is 30.7 Å². The summed E-state index contributed by atoms with van der Waals surface area (Å²) in [5.41, 5.74) is -0.797. The molecule has 1 saturated heterocycles. The third kappa shape index (κ3) is 2.63. The highest BCUT2D eigenvalue weighted by atomic mass is 19.4. The minimum Gasteiger partial charge on any atom is -0.350 e. The van der Waals surface area contributed by atoms with E-state index in [0.717, 1.165) is 6.07 Å². The zero-order valence-corrected chi connectivity index (χ0v) is 10.3. The van der Waals surface area contributed by atoms with Gasteiger partial charge >= 0.3 is 6.18 Å². The quantitative estimate of drug-likeness (QED) is 0.909. The average Bonchev–Trinajstić information content (AvgIpc) is 2.31. The van der Waals surface area contributed by atoms with Crippen molar-refractivity contribution in [3.05, 3.63) is 23.4 Å². The van der Waals surface area contributed by atoms with E-state index in [1.807, 2.05) is 13.0 Å². The van der Waals surface area contributed by atoms with E-state index in [9.17, 15) is 13.2 Å². The molecule has 2 heterocycles. The van der Waals surface area contributed by atoms with Gasteiger partial charge in [0.25, 0.3) is 0 Å². The lowest BCUT2D eigenvalue weighted by Gasteiger charge is -2.38. The van der Waals surface area contributed by atoms with Gasteiger partial charge in [0.05, 0.1) is 11.6 Å². The van der Waals surface area contributed by atoms with Crippen LogP contribution in [0.2, 0.25) is 0 Å². The molecular formula is C12H13F3N4. The zero-order valence-electron chi connectivity index (χ0n) is 10.3. The summed E-state index contributed by atoms with van der Waals surface area (Å²) in [6.45, 7) is 3.73. The minimum absolute atomic E-state index is 0.0908. The second kappa shape index (κ2) is 5.05. The van der Waals surface area contributed by atoms with Gasteiger partial charge in [-0.3, -0.25) is 0 Å². The van der Waals surface area contributed by atoms with Gasteiger partial charge in [0.1, 0.15) is 17.6 Å². The maximum atomic E-state index is 12.7. The smallest absolute Gasteiger partial charge is 0.350 e. The molecule has 0 amide bonds. The molecule has 2 rings (SSSR count). The first-order valence-electron chi connectivity index (χ1n) is 5.93. The van der Waals surface area contributed by atoms with Crippen molar-refractivity contribution in [3.8, 4) is 6.07 Å². The lowest BCUT2D eigenvalue weighted by Crippen LogP contribution is -2.57. The number of rotatable bonds is 3. The van der Waals surface area contributed by atoms with E-state index in [0.29, 0.717) is 19.6 Å². The van der Waals surface area contributed by atoms with Gasteiger partial charge in [-0.15, -0.1) is 0 Å². The highest BCUT2D eigenvalue weighted by molar-refractivity contribution is 5.55. The molecule has 0 spiro atoms. The Hall–Kier alpha value is -1.81. The standard InChI is InChI=1S/C12H13F3N4/c1-2-19(9-6-17-7-9)11-8(5-16)3-4-10(18-11)12(13,14)15/h3-4,9,17H,2,6-7H2,1H3. The number of pyridine rings is 1. The van der Waals surface area contributed by atoms with Gasteiger partial charge in [0.15, 0.2) is 0 Å². The number of alkyl halides is 3. The van der Waals surface area contributed by atoms with E-state index < -0.39 is 11.9 Å². The first-order valence-corrected chi connectivity index (χ1v) is 5.93. The van der Waals surface area contributed by atoms with Crippen molar-refractivity contribution in [3.63, 3.8) is 0 Å². The highest BCUT2D eigenvalue weighted by Crippen LogP contribution is 2.31. The molecule has 1 aromatic rings. The maximum Gasteiger partial charge on any atom is 0.433 e. The Labute approximate surface area is 108 Å². The van der Waals surface area contributed by atoms with Crippen LogP contribution in [0.15, 0.2) is 12.1 Å². The summed E-state index contributed by atoms with van der Waals surface area (Å²) in [6.07, 6.45) is -4.50. The van der Waals surface area contributed by atoms with Crippen LogP contribution in [0.4, 0.5) is 19.0 Å². The maximum absolute atomic E-state index is 12.7. The van der Waals surface area contributed by atoms with E-state index in [-0.39, 0.29) is 17.4 Å². The molecule has 1 aliphatic heterocycles. The minimum atomic E-state index is -4.50. The molecule has 4 nitrogen and oxygen atoms in total. The Bertz CT molecular complexity index is 503.